The molecule has 2 heterocycles. The first kappa shape index (κ1) is 15.7. The molecule has 0 aromatic rings. The summed E-state index contributed by atoms with van der Waals surface area (Å²) in [6, 6.07) is 0. The third-order valence-electron chi connectivity index (χ3n) is 3.19. The first-order valence-electron chi connectivity index (χ1n) is 6.96. The van der Waals surface area contributed by atoms with Crippen LogP contribution in [0.4, 0.5) is 0 Å². The lowest BCUT2D eigenvalue weighted by molar-refractivity contribution is -0.162. The van der Waals surface area contributed by atoms with Crippen molar-refractivity contribution in [3.05, 3.63) is 11.6 Å². The van der Waals surface area contributed by atoms with Gasteiger partial charge >= 0.3 is 5.97 Å². The Kier molecular flexibility index (Phi) is 4.12. The number of ether oxygens (including phenoxy) is 3. The van der Waals surface area contributed by atoms with E-state index in [4.69, 9.17) is 18.6 Å². The Balaban J connectivity index is 2.16. The maximum Gasteiger partial charge on any atom is 0.334 e. The molecule has 6 heteroatoms. The molecule has 3 atom stereocenters. The number of hydrogen-bond donors (Lipinski definition) is 0. The molecule has 0 N–H and O–H groups in total. The number of carbonyl (C=O) groups is 1. The van der Waals surface area contributed by atoms with Crippen molar-refractivity contribution in [2.24, 2.45) is 0 Å². The first-order chi connectivity index (χ1) is 9.07. The van der Waals surface area contributed by atoms with E-state index in [9.17, 15) is 4.79 Å². The molecular formula is C14H24O5Si. The summed E-state index contributed by atoms with van der Waals surface area (Å²) in [5.41, 5.74) is 0.623. The minimum Gasteiger partial charge on any atom is -0.452 e. The Hall–Kier alpha value is -0.693. The van der Waals surface area contributed by atoms with Gasteiger partial charge in [-0.15, -0.1) is 0 Å². The predicted molar refractivity (Wildman–Crippen MR) is 76.8 cm³/mol. The van der Waals surface area contributed by atoms with Gasteiger partial charge < -0.3 is 18.6 Å². The van der Waals surface area contributed by atoms with Crippen molar-refractivity contribution in [1.82, 2.24) is 0 Å². The minimum atomic E-state index is -1.80. The Labute approximate surface area is 121 Å². The minimum absolute atomic E-state index is 0.225. The molecule has 2 aliphatic heterocycles. The zero-order chi connectivity index (χ0) is 15.1. The summed E-state index contributed by atoms with van der Waals surface area (Å²) in [5, 5.41) is 0. The number of carbonyl (C=O) groups excluding carboxylic acids is 1. The lowest BCUT2D eigenvalue weighted by atomic mass is 10.1. The highest BCUT2D eigenvalue weighted by molar-refractivity contribution is 6.69. The lowest BCUT2D eigenvalue weighted by Gasteiger charge is -2.32. The highest BCUT2D eigenvalue weighted by Gasteiger charge is 2.45. The van der Waals surface area contributed by atoms with E-state index in [1.165, 1.54) is 0 Å². The van der Waals surface area contributed by atoms with Crippen LogP contribution in [0.2, 0.25) is 19.6 Å². The highest BCUT2D eigenvalue weighted by atomic mass is 28.4. The van der Waals surface area contributed by atoms with Crippen LogP contribution in [0.3, 0.4) is 0 Å². The smallest absolute Gasteiger partial charge is 0.334 e. The fraction of sp³-hybridized carbons (Fsp3) is 0.786. The zero-order valence-electron chi connectivity index (χ0n) is 13.1. The maximum atomic E-state index is 11.6. The van der Waals surface area contributed by atoms with E-state index in [0.717, 1.165) is 0 Å². The van der Waals surface area contributed by atoms with Crippen molar-refractivity contribution >= 4 is 14.3 Å². The third kappa shape index (κ3) is 3.69. The van der Waals surface area contributed by atoms with Crippen LogP contribution >= 0.6 is 0 Å². The lowest BCUT2D eigenvalue weighted by Crippen LogP contribution is -2.47. The van der Waals surface area contributed by atoms with E-state index in [2.05, 4.69) is 19.6 Å². The summed E-state index contributed by atoms with van der Waals surface area (Å²) in [7, 11) is -1.80. The number of esters is 1. The predicted octanol–water partition coefficient (Wildman–Crippen LogP) is 2.23. The molecule has 2 aliphatic rings. The molecule has 5 nitrogen and oxygen atoms in total. The van der Waals surface area contributed by atoms with Crippen LogP contribution in [0, 0.1) is 0 Å². The molecule has 0 radical (unpaired) electrons. The van der Waals surface area contributed by atoms with Crippen molar-refractivity contribution in [2.45, 2.75) is 64.5 Å². The average molecular weight is 300 g/mol. The van der Waals surface area contributed by atoms with Crippen LogP contribution < -0.4 is 0 Å². The van der Waals surface area contributed by atoms with Crippen LogP contribution in [0.15, 0.2) is 11.6 Å². The Bertz CT molecular complexity index is 424. The summed E-state index contributed by atoms with van der Waals surface area (Å²) in [6.07, 6.45) is 0.889. The van der Waals surface area contributed by atoms with Crippen molar-refractivity contribution in [2.75, 3.05) is 6.61 Å². The van der Waals surface area contributed by atoms with Gasteiger partial charge in [-0.1, -0.05) is 0 Å². The SMILES string of the molecule is CC1=C[C@H]([C@H](O[Si](C)(C)C)[C@H]2COC(C)(C)O2)OC1=O. The second kappa shape index (κ2) is 5.25. The summed E-state index contributed by atoms with van der Waals surface area (Å²) in [5.74, 6) is -0.898. The van der Waals surface area contributed by atoms with Gasteiger partial charge in [0.05, 0.1) is 6.61 Å². The first-order valence-corrected chi connectivity index (χ1v) is 10.4. The normalized spacial score (nSPS) is 31.1. The van der Waals surface area contributed by atoms with E-state index in [-0.39, 0.29) is 18.2 Å². The fourth-order valence-corrected chi connectivity index (χ4v) is 3.47. The number of hydrogen-bond acceptors (Lipinski definition) is 5. The van der Waals surface area contributed by atoms with Crippen molar-refractivity contribution in [1.29, 1.82) is 0 Å². The molecule has 0 spiro atoms. The Morgan fingerprint density at radius 1 is 1.40 bits per heavy atom. The van der Waals surface area contributed by atoms with Gasteiger partial charge in [0, 0.05) is 5.57 Å². The van der Waals surface area contributed by atoms with Crippen LogP contribution in [0.1, 0.15) is 20.8 Å². The average Bonchev–Trinajstić information content (AvgIpc) is 2.78. The number of cyclic esters (lactones) is 1. The molecule has 0 saturated carbocycles. The van der Waals surface area contributed by atoms with Crippen LogP contribution in [0.5, 0.6) is 0 Å². The van der Waals surface area contributed by atoms with Crippen LogP contribution in [-0.2, 0) is 23.4 Å². The maximum absolute atomic E-state index is 11.6. The van der Waals surface area contributed by atoms with E-state index >= 15 is 0 Å². The topological polar surface area (TPSA) is 54.0 Å². The summed E-state index contributed by atoms with van der Waals surface area (Å²) in [4.78, 5) is 11.6. The largest absolute Gasteiger partial charge is 0.452 e. The van der Waals surface area contributed by atoms with Gasteiger partial charge in [0.15, 0.2) is 14.1 Å². The molecule has 1 fully saturated rings. The molecule has 20 heavy (non-hydrogen) atoms. The molecular weight excluding hydrogens is 276 g/mol. The molecule has 1 saturated heterocycles. The van der Waals surface area contributed by atoms with Crippen LogP contribution in [0.25, 0.3) is 0 Å². The van der Waals surface area contributed by atoms with Gasteiger partial charge in [0.1, 0.15) is 18.3 Å². The fourth-order valence-electron chi connectivity index (χ4n) is 2.37. The van der Waals surface area contributed by atoms with Gasteiger partial charge in [0.25, 0.3) is 0 Å². The summed E-state index contributed by atoms with van der Waals surface area (Å²) < 4.78 is 23.1. The van der Waals surface area contributed by atoms with E-state index in [0.29, 0.717) is 12.2 Å². The molecule has 2 rings (SSSR count). The molecule has 0 aromatic heterocycles. The van der Waals surface area contributed by atoms with Gasteiger partial charge in [-0.2, -0.15) is 0 Å². The summed E-state index contributed by atoms with van der Waals surface area (Å²) in [6.45, 7) is 12.3. The molecule has 0 bridgehead atoms. The second-order valence-corrected chi connectivity index (χ2v) is 11.2. The van der Waals surface area contributed by atoms with Gasteiger partial charge in [-0.05, 0) is 46.5 Å². The second-order valence-electron chi connectivity index (χ2n) is 6.78. The van der Waals surface area contributed by atoms with Gasteiger partial charge in [0.2, 0.25) is 0 Å². The molecule has 0 unspecified atom stereocenters. The number of rotatable bonds is 4. The quantitative estimate of drug-likeness (QED) is 0.588. The standard InChI is InChI=1S/C14H24O5Si/c1-9-7-10(17-13(9)15)12(19-20(4,5)6)11-8-16-14(2,3)18-11/h7,10-12H,8H2,1-6H3/t10-,11-,12+/m1/s1. The van der Waals surface area contributed by atoms with Crippen molar-refractivity contribution < 1.29 is 23.4 Å². The molecule has 0 aromatic carbocycles. The highest BCUT2D eigenvalue weighted by Crippen LogP contribution is 2.31. The van der Waals surface area contributed by atoms with E-state index < -0.39 is 20.2 Å². The van der Waals surface area contributed by atoms with Crippen LogP contribution in [-0.4, -0.2) is 45.0 Å². The molecule has 0 amide bonds. The monoisotopic (exact) mass is 300 g/mol. The van der Waals surface area contributed by atoms with Gasteiger partial charge in [-0.3, -0.25) is 0 Å². The summed E-state index contributed by atoms with van der Waals surface area (Å²) >= 11 is 0. The molecule has 0 aliphatic carbocycles. The van der Waals surface area contributed by atoms with E-state index in [1.807, 2.05) is 19.9 Å². The van der Waals surface area contributed by atoms with Gasteiger partial charge in [-0.25, -0.2) is 4.79 Å². The van der Waals surface area contributed by atoms with Crippen molar-refractivity contribution in [3.8, 4) is 0 Å². The van der Waals surface area contributed by atoms with E-state index in [1.54, 1.807) is 6.92 Å². The Morgan fingerprint density at radius 3 is 2.45 bits per heavy atom. The third-order valence-corrected chi connectivity index (χ3v) is 4.17. The molecule has 114 valence electrons. The van der Waals surface area contributed by atoms with Crippen molar-refractivity contribution in [3.63, 3.8) is 0 Å². The zero-order valence-corrected chi connectivity index (χ0v) is 14.1. The Morgan fingerprint density at radius 2 is 2.05 bits per heavy atom.